The number of nitrogens with zero attached hydrogens (tertiary/aromatic N) is 4. The summed E-state index contributed by atoms with van der Waals surface area (Å²) in [6.45, 7) is 5.93. The second kappa shape index (κ2) is 8.79. The Hall–Kier alpha value is -2.99. The average molecular weight is 405 g/mol. The van der Waals surface area contributed by atoms with Crippen LogP contribution in [-0.4, -0.2) is 40.6 Å². The second-order valence-corrected chi connectivity index (χ2v) is 7.91. The van der Waals surface area contributed by atoms with E-state index in [-0.39, 0.29) is 6.04 Å². The number of rotatable bonds is 6. The predicted molar refractivity (Wildman–Crippen MR) is 116 cm³/mol. The lowest BCUT2D eigenvalue weighted by molar-refractivity contribution is 0.203. The van der Waals surface area contributed by atoms with E-state index in [1.54, 1.807) is 14.2 Å². The first-order chi connectivity index (χ1) is 14.6. The maximum atomic E-state index is 5.60. The van der Waals surface area contributed by atoms with Gasteiger partial charge in [-0.05, 0) is 47.4 Å². The highest BCUT2D eigenvalue weighted by Gasteiger charge is 2.30. The molecule has 1 aliphatic rings. The molecule has 0 N–H and O–H groups in total. The molecule has 1 atom stereocenters. The van der Waals surface area contributed by atoms with Gasteiger partial charge in [-0.2, -0.15) is 0 Å². The summed E-state index contributed by atoms with van der Waals surface area (Å²) in [5, 5.41) is 0. The summed E-state index contributed by atoms with van der Waals surface area (Å²) in [7, 11) is 3.36. The van der Waals surface area contributed by atoms with Gasteiger partial charge in [-0.25, -0.2) is 9.97 Å². The van der Waals surface area contributed by atoms with Crippen LogP contribution < -0.4 is 9.47 Å². The van der Waals surface area contributed by atoms with Gasteiger partial charge in [0.05, 0.1) is 20.3 Å². The Morgan fingerprint density at radius 3 is 2.33 bits per heavy atom. The van der Waals surface area contributed by atoms with E-state index in [1.807, 2.05) is 24.8 Å². The lowest BCUT2D eigenvalue weighted by Gasteiger charge is -2.38. The molecule has 4 rings (SSSR count). The topological polar surface area (TPSA) is 60.4 Å². The lowest BCUT2D eigenvalue weighted by atomic mass is 9.87. The Kier molecular flexibility index (Phi) is 5.95. The van der Waals surface area contributed by atoms with Gasteiger partial charge in [0.2, 0.25) is 0 Å². The van der Waals surface area contributed by atoms with Gasteiger partial charge in [-0.3, -0.25) is 9.88 Å². The number of fused-ring (bicyclic) bond motifs is 1. The summed E-state index contributed by atoms with van der Waals surface area (Å²) in [5.74, 6) is 2.73. The molecular formula is C24H28N4O2. The number of benzene rings is 1. The van der Waals surface area contributed by atoms with Gasteiger partial charge < -0.3 is 9.47 Å². The van der Waals surface area contributed by atoms with E-state index in [1.165, 1.54) is 16.7 Å². The highest BCUT2D eigenvalue weighted by Crippen LogP contribution is 2.41. The molecule has 0 saturated carbocycles. The molecule has 0 fully saturated rings. The molecule has 1 aromatic carbocycles. The molecule has 1 aliphatic heterocycles. The van der Waals surface area contributed by atoms with Crippen molar-refractivity contribution in [1.82, 2.24) is 19.9 Å². The van der Waals surface area contributed by atoms with Crippen molar-refractivity contribution in [2.24, 2.45) is 0 Å². The van der Waals surface area contributed by atoms with Crippen LogP contribution in [0.1, 0.15) is 53.9 Å². The number of methoxy groups -OCH3 is 2. The molecule has 6 nitrogen and oxygen atoms in total. The molecule has 0 radical (unpaired) electrons. The van der Waals surface area contributed by atoms with Crippen LogP contribution in [0.4, 0.5) is 0 Å². The van der Waals surface area contributed by atoms with E-state index in [4.69, 9.17) is 9.47 Å². The van der Waals surface area contributed by atoms with Crippen LogP contribution in [0.3, 0.4) is 0 Å². The summed E-state index contributed by atoms with van der Waals surface area (Å²) in [6, 6.07) is 8.49. The largest absolute Gasteiger partial charge is 0.493 e. The Labute approximate surface area is 177 Å². The number of ether oxygens (including phenoxy) is 2. The quantitative estimate of drug-likeness (QED) is 0.615. The standard InChI is InChI=1S/C24H28N4O2/c1-16(2)24-26-13-17(14-27-24)15-28-10-7-19-11-21(29-3)22(30-4)12-20(19)23(28)18-5-8-25-9-6-18/h5-6,8-9,11-14,16,23H,7,10,15H2,1-4H3/t23-/m1/s1. The van der Waals surface area contributed by atoms with Gasteiger partial charge in [0.15, 0.2) is 11.5 Å². The maximum Gasteiger partial charge on any atom is 0.161 e. The number of hydrogen-bond acceptors (Lipinski definition) is 6. The van der Waals surface area contributed by atoms with Crippen molar-refractivity contribution in [2.75, 3.05) is 20.8 Å². The van der Waals surface area contributed by atoms with Crippen molar-refractivity contribution in [2.45, 2.75) is 38.8 Å². The van der Waals surface area contributed by atoms with E-state index >= 15 is 0 Å². The first-order valence-electron chi connectivity index (χ1n) is 10.3. The number of hydrogen-bond donors (Lipinski definition) is 0. The molecule has 3 heterocycles. The fourth-order valence-corrected chi connectivity index (χ4v) is 4.08. The molecule has 0 amide bonds. The minimum Gasteiger partial charge on any atom is -0.493 e. The van der Waals surface area contributed by atoms with E-state index in [0.29, 0.717) is 5.92 Å². The molecule has 3 aromatic rings. The van der Waals surface area contributed by atoms with E-state index < -0.39 is 0 Å². The Balaban J connectivity index is 1.72. The van der Waals surface area contributed by atoms with Gasteiger partial charge in [0, 0.05) is 49.4 Å². The monoisotopic (exact) mass is 404 g/mol. The molecule has 0 aliphatic carbocycles. The molecule has 6 heteroatoms. The summed E-state index contributed by atoms with van der Waals surface area (Å²) < 4.78 is 11.1. The van der Waals surface area contributed by atoms with Gasteiger partial charge in [0.25, 0.3) is 0 Å². The minimum atomic E-state index is 0.0985. The molecule has 0 saturated heterocycles. The summed E-state index contributed by atoms with van der Waals surface area (Å²) in [5.41, 5.74) is 4.85. The first kappa shape index (κ1) is 20.3. The molecule has 30 heavy (non-hydrogen) atoms. The van der Waals surface area contributed by atoms with Gasteiger partial charge in [-0.15, -0.1) is 0 Å². The van der Waals surface area contributed by atoms with Crippen LogP contribution in [0.15, 0.2) is 49.1 Å². The third kappa shape index (κ3) is 4.00. The van der Waals surface area contributed by atoms with Gasteiger partial charge >= 0.3 is 0 Å². The third-order valence-electron chi connectivity index (χ3n) is 5.62. The molecule has 0 spiro atoms. The minimum absolute atomic E-state index is 0.0985. The van der Waals surface area contributed by atoms with Gasteiger partial charge in [0.1, 0.15) is 5.82 Å². The Morgan fingerprint density at radius 1 is 1.03 bits per heavy atom. The van der Waals surface area contributed by atoms with Crippen LogP contribution >= 0.6 is 0 Å². The smallest absolute Gasteiger partial charge is 0.161 e. The Morgan fingerprint density at radius 2 is 1.70 bits per heavy atom. The second-order valence-electron chi connectivity index (χ2n) is 7.91. The van der Waals surface area contributed by atoms with Crippen LogP contribution in [0.5, 0.6) is 11.5 Å². The predicted octanol–water partition coefficient (Wildman–Crippen LogP) is 4.16. The highest BCUT2D eigenvalue weighted by atomic mass is 16.5. The van der Waals surface area contributed by atoms with Crippen molar-refractivity contribution in [3.8, 4) is 11.5 Å². The van der Waals surface area contributed by atoms with Crippen molar-refractivity contribution < 1.29 is 9.47 Å². The van der Waals surface area contributed by atoms with Crippen LogP contribution in [-0.2, 0) is 13.0 Å². The van der Waals surface area contributed by atoms with Crippen molar-refractivity contribution in [3.05, 3.63) is 77.1 Å². The molecule has 2 aromatic heterocycles. The van der Waals surface area contributed by atoms with Crippen molar-refractivity contribution in [1.29, 1.82) is 0 Å². The Bertz CT molecular complexity index is 990. The molecular weight excluding hydrogens is 376 g/mol. The van der Waals surface area contributed by atoms with E-state index in [9.17, 15) is 0 Å². The zero-order chi connectivity index (χ0) is 21.1. The van der Waals surface area contributed by atoms with Crippen molar-refractivity contribution >= 4 is 0 Å². The zero-order valence-electron chi connectivity index (χ0n) is 18.0. The van der Waals surface area contributed by atoms with Crippen LogP contribution in [0.25, 0.3) is 0 Å². The van der Waals surface area contributed by atoms with E-state index in [2.05, 4.69) is 58.0 Å². The van der Waals surface area contributed by atoms with E-state index in [0.717, 1.165) is 42.4 Å². The van der Waals surface area contributed by atoms with Gasteiger partial charge in [-0.1, -0.05) is 13.8 Å². The maximum absolute atomic E-state index is 5.60. The fraction of sp³-hybridized carbons (Fsp3) is 0.375. The number of pyridine rings is 1. The highest BCUT2D eigenvalue weighted by molar-refractivity contribution is 5.51. The first-order valence-corrected chi connectivity index (χ1v) is 10.3. The summed E-state index contributed by atoms with van der Waals surface area (Å²) >= 11 is 0. The summed E-state index contributed by atoms with van der Waals surface area (Å²) in [4.78, 5) is 15.8. The van der Waals surface area contributed by atoms with Crippen LogP contribution in [0, 0.1) is 0 Å². The fourth-order valence-electron chi connectivity index (χ4n) is 4.08. The molecule has 0 bridgehead atoms. The van der Waals surface area contributed by atoms with Crippen LogP contribution in [0.2, 0.25) is 0 Å². The molecule has 156 valence electrons. The lowest BCUT2D eigenvalue weighted by Crippen LogP contribution is -2.35. The third-order valence-corrected chi connectivity index (χ3v) is 5.62. The normalized spacial score (nSPS) is 16.4. The number of aromatic nitrogens is 3. The SMILES string of the molecule is COc1cc2c(cc1OC)[C@@H](c1ccncc1)N(Cc1cnc(C(C)C)nc1)CC2. The average Bonchev–Trinajstić information content (AvgIpc) is 2.79. The molecule has 0 unspecified atom stereocenters. The van der Waals surface area contributed by atoms with Crippen molar-refractivity contribution in [3.63, 3.8) is 0 Å². The zero-order valence-corrected chi connectivity index (χ0v) is 18.0. The summed E-state index contributed by atoms with van der Waals surface area (Å²) in [6.07, 6.45) is 8.56.